The summed E-state index contributed by atoms with van der Waals surface area (Å²) in [6, 6.07) is 11.8. The van der Waals surface area contributed by atoms with E-state index in [4.69, 9.17) is 0 Å². The number of pyridine rings is 1. The molecule has 5 nitrogen and oxygen atoms in total. The van der Waals surface area contributed by atoms with Gasteiger partial charge < -0.3 is 10.5 Å². The molecule has 1 N–H and O–H groups in total. The first-order valence-electron chi connectivity index (χ1n) is 7.22. The lowest BCUT2D eigenvalue weighted by molar-refractivity contribution is -0.645. The predicted molar refractivity (Wildman–Crippen MR) is 90.4 cm³/mol. The van der Waals surface area contributed by atoms with Crippen molar-refractivity contribution in [2.75, 3.05) is 11.1 Å². The number of rotatable bonds is 6. The van der Waals surface area contributed by atoms with Gasteiger partial charge in [-0.1, -0.05) is 13.8 Å². The van der Waals surface area contributed by atoms with E-state index in [-0.39, 0.29) is 23.4 Å². The van der Waals surface area contributed by atoms with Crippen molar-refractivity contribution in [2.45, 2.75) is 18.9 Å². The molecule has 1 aromatic carbocycles. The molecule has 0 bridgehead atoms. The lowest BCUT2D eigenvalue weighted by Crippen LogP contribution is -2.28. The van der Waals surface area contributed by atoms with E-state index in [0.717, 1.165) is 4.73 Å². The quantitative estimate of drug-likeness (QED) is 0.382. The Morgan fingerprint density at radius 1 is 1.17 bits per heavy atom. The van der Waals surface area contributed by atoms with E-state index in [1.165, 1.54) is 18.0 Å². The van der Waals surface area contributed by atoms with Crippen molar-refractivity contribution < 1.29 is 14.3 Å². The molecule has 0 aliphatic carbocycles. The first-order valence-corrected chi connectivity index (χ1v) is 8.21. The Morgan fingerprint density at radius 3 is 2.48 bits per heavy atom. The second-order valence-electron chi connectivity index (χ2n) is 5.30. The zero-order valence-corrected chi connectivity index (χ0v) is 13.8. The number of hydrogen-bond acceptors (Lipinski definition) is 4. The molecular weight excluding hydrogens is 312 g/mol. The lowest BCUT2D eigenvalue weighted by Gasteiger charge is -2.08. The van der Waals surface area contributed by atoms with Crippen molar-refractivity contribution >= 4 is 29.1 Å². The molecule has 1 aromatic heterocycles. The number of aromatic nitrogens is 1. The van der Waals surface area contributed by atoms with Crippen molar-refractivity contribution in [1.82, 2.24) is 0 Å². The van der Waals surface area contributed by atoms with Crippen molar-refractivity contribution in [3.8, 4) is 0 Å². The highest BCUT2D eigenvalue weighted by Crippen LogP contribution is 2.17. The van der Waals surface area contributed by atoms with Crippen LogP contribution in [0.4, 0.5) is 5.69 Å². The number of carbonyl (C=O) groups excluding carboxylic acids is 2. The Kier molecular flexibility index (Phi) is 5.76. The third kappa shape index (κ3) is 4.82. The van der Waals surface area contributed by atoms with Crippen LogP contribution in [0.5, 0.6) is 0 Å². The van der Waals surface area contributed by atoms with E-state index in [9.17, 15) is 14.8 Å². The molecule has 0 saturated carbocycles. The molecule has 1 amide bonds. The molecule has 120 valence electrons. The highest BCUT2D eigenvalue weighted by molar-refractivity contribution is 7.99. The van der Waals surface area contributed by atoms with Gasteiger partial charge in [-0.25, -0.2) is 0 Å². The smallest absolute Gasteiger partial charge is 0.251 e. The largest absolute Gasteiger partial charge is 0.618 e. The van der Waals surface area contributed by atoms with Crippen LogP contribution in [0.3, 0.4) is 0 Å². The van der Waals surface area contributed by atoms with E-state index in [1.54, 1.807) is 42.5 Å². The summed E-state index contributed by atoms with van der Waals surface area (Å²) in [6.45, 7) is 3.63. The molecule has 0 atom stereocenters. The highest BCUT2D eigenvalue weighted by atomic mass is 32.2. The van der Waals surface area contributed by atoms with Gasteiger partial charge in [-0.2, -0.15) is 4.73 Å². The number of benzene rings is 1. The molecule has 0 unspecified atom stereocenters. The number of nitrogens with zero attached hydrogens (tertiary/aromatic N) is 1. The Hall–Kier alpha value is -2.34. The molecule has 0 fully saturated rings. The van der Waals surface area contributed by atoms with Crippen LogP contribution in [-0.4, -0.2) is 17.4 Å². The number of anilines is 1. The van der Waals surface area contributed by atoms with Crippen molar-refractivity contribution in [2.24, 2.45) is 5.92 Å². The normalized spacial score (nSPS) is 10.6. The molecule has 0 aliphatic heterocycles. The fraction of sp³-hybridized carbons (Fsp3) is 0.235. The van der Waals surface area contributed by atoms with Gasteiger partial charge in [-0.05, 0) is 42.1 Å². The maximum atomic E-state index is 12.2. The SMILES string of the molecule is CC(C)C(=O)Nc1ccc(C(=O)CSc2cccc[n+]2[O-])cc1. The predicted octanol–water partition coefficient (Wildman–Crippen LogP) is 2.89. The Bertz CT molecular complexity index is 699. The van der Waals surface area contributed by atoms with E-state index in [1.807, 2.05) is 13.8 Å². The second-order valence-corrected chi connectivity index (χ2v) is 6.29. The van der Waals surface area contributed by atoms with Crippen molar-refractivity contribution in [3.63, 3.8) is 0 Å². The summed E-state index contributed by atoms with van der Waals surface area (Å²) < 4.78 is 0.739. The molecule has 2 rings (SSSR count). The molecule has 1 heterocycles. The average molecular weight is 330 g/mol. The average Bonchev–Trinajstić information content (AvgIpc) is 2.54. The molecule has 23 heavy (non-hydrogen) atoms. The second kappa shape index (κ2) is 7.78. The summed E-state index contributed by atoms with van der Waals surface area (Å²) in [5, 5.41) is 14.8. The number of nitrogens with one attached hydrogen (secondary N) is 1. The number of carbonyl (C=O) groups is 2. The van der Waals surface area contributed by atoms with Gasteiger partial charge in [0.1, 0.15) is 0 Å². The fourth-order valence-corrected chi connectivity index (χ4v) is 2.58. The van der Waals surface area contributed by atoms with Crippen molar-refractivity contribution in [3.05, 3.63) is 59.4 Å². The maximum absolute atomic E-state index is 12.2. The van der Waals surface area contributed by atoms with Gasteiger partial charge in [0.05, 0.1) is 5.75 Å². The van der Waals surface area contributed by atoms with Crippen LogP contribution in [0, 0.1) is 11.1 Å². The number of thioether (sulfide) groups is 1. The lowest BCUT2D eigenvalue weighted by atomic mass is 10.1. The van der Waals surface area contributed by atoms with E-state index >= 15 is 0 Å². The molecule has 0 spiro atoms. The summed E-state index contributed by atoms with van der Waals surface area (Å²) in [5.41, 5.74) is 1.21. The monoisotopic (exact) mass is 330 g/mol. The van der Waals surface area contributed by atoms with E-state index < -0.39 is 0 Å². The standard InChI is InChI=1S/C17H18N2O3S/c1-12(2)17(21)18-14-8-6-13(7-9-14)15(20)11-23-16-5-3-4-10-19(16)22/h3-10,12H,11H2,1-2H3,(H,18,21). The summed E-state index contributed by atoms with van der Waals surface area (Å²) >= 11 is 1.20. The van der Waals surface area contributed by atoms with Crippen LogP contribution < -0.4 is 10.0 Å². The summed E-state index contributed by atoms with van der Waals surface area (Å²) in [7, 11) is 0. The van der Waals surface area contributed by atoms with Gasteiger partial charge in [0.25, 0.3) is 5.03 Å². The van der Waals surface area contributed by atoms with Gasteiger partial charge in [-0.15, -0.1) is 0 Å². The molecule has 0 radical (unpaired) electrons. The summed E-state index contributed by atoms with van der Waals surface area (Å²) in [6.07, 6.45) is 1.40. The third-order valence-corrected chi connectivity index (χ3v) is 4.16. The van der Waals surface area contributed by atoms with Crippen LogP contribution in [-0.2, 0) is 4.79 Å². The van der Waals surface area contributed by atoms with Crippen LogP contribution in [0.1, 0.15) is 24.2 Å². The number of hydrogen-bond donors (Lipinski definition) is 1. The Morgan fingerprint density at radius 2 is 1.87 bits per heavy atom. The number of amides is 1. The van der Waals surface area contributed by atoms with Crippen molar-refractivity contribution in [1.29, 1.82) is 0 Å². The first kappa shape index (κ1) is 17.0. The molecule has 0 aliphatic rings. The highest BCUT2D eigenvalue weighted by Gasteiger charge is 2.12. The molecule has 2 aromatic rings. The Labute approximate surface area is 139 Å². The minimum absolute atomic E-state index is 0.0660. The minimum atomic E-state index is -0.0997. The Balaban J connectivity index is 1.95. The minimum Gasteiger partial charge on any atom is -0.618 e. The van der Waals surface area contributed by atoms with Crippen LogP contribution in [0.15, 0.2) is 53.7 Å². The van der Waals surface area contributed by atoms with Crippen LogP contribution >= 0.6 is 11.8 Å². The van der Waals surface area contributed by atoms with Gasteiger partial charge >= 0.3 is 0 Å². The summed E-state index contributed by atoms with van der Waals surface area (Å²) in [4.78, 5) is 23.8. The zero-order chi connectivity index (χ0) is 16.8. The third-order valence-electron chi connectivity index (χ3n) is 3.14. The van der Waals surface area contributed by atoms with Gasteiger partial charge in [0, 0.05) is 29.3 Å². The molecule has 6 heteroatoms. The van der Waals surface area contributed by atoms with E-state index in [2.05, 4.69) is 5.32 Å². The van der Waals surface area contributed by atoms with Crippen LogP contribution in [0.2, 0.25) is 0 Å². The topological polar surface area (TPSA) is 73.1 Å². The van der Waals surface area contributed by atoms with Gasteiger partial charge in [0.2, 0.25) is 5.91 Å². The van der Waals surface area contributed by atoms with Gasteiger partial charge in [0.15, 0.2) is 12.0 Å². The van der Waals surface area contributed by atoms with E-state index in [0.29, 0.717) is 16.3 Å². The number of ketones is 1. The van der Waals surface area contributed by atoms with Crippen LogP contribution in [0.25, 0.3) is 0 Å². The maximum Gasteiger partial charge on any atom is 0.251 e. The fourth-order valence-electron chi connectivity index (χ4n) is 1.77. The summed E-state index contributed by atoms with van der Waals surface area (Å²) in [5.74, 6) is -0.0501. The number of Topliss-reactive ketones (excluding diaryl/α,β-unsaturated/α-hetero) is 1. The first-order chi connectivity index (χ1) is 11.0. The zero-order valence-electron chi connectivity index (χ0n) is 13.0. The van der Waals surface area contributed by atoms with Gasteiger partial charge in [-0.3, -0.25) is 9.59 Å². The molecule has 0 saturated heterocycles. The molecular formula is C17H18N2O3S.